The molecule has 0 aliphatic rings. The van der Waals surface area contributed by atoms with Crippen molar-refractivity contribution in [3.8, 4) is 0 Å². The summed E-state index contributed by atoms with van der Waals surface area (Å²) in [5.41, 5.74) is 0.633. The first kappa shape index (κ1) is 17.0. The summed E-state index contributed by atoms with van der Waals surface area (Å²) in [6.45, 7) is 8.36. The van der Waals surface area contributed by atoms with Gasteiger partial charge in [-0.2, -0.15) is 0 Å². The Morgan fingerprint density at radius 3 is 2.05 bits per heavy atom. The minimum Gasteiger partial charge on any atom is -0.450 e. The standard InChI is InChI=1S/C15H23N3O3/c1-5-16-15(3,4)13(19)17-11-7-9-12(10-8-11)18-14(20)21-6-2/h7-10,16H,5-6H2,1-4H3,(H,17,19)(H,18,20). The Kier molecular flexibility index (Phi) is 6.17. The lowest BCUT2D eigenvalue weighted by Crippen LogP contribution is -2.49. The largest absolute Gasteiger partial charge is 0.450 e. The molecular formula is C15H23N3O3. The number of carbonyl (C=O) groups is 2. The number of ether oxygens (including phenoxy) is 1. The van der Waals surface area contributed by atoms with Crippen molar-refractivity contribution in [3.05, 3.63) is 24.3 Å². The highest BCUT2D eigenvalue weighted by molar-refractivity contribution is 5.97. The number of amides is 2. The van der Waals surface area contributed by atoms with Gasteiger partial charge in [-0.1, -0.05) is 6.92 Å². The molecule has 1 aromatic carbocycles. The van der Waals surface area contributed by atoms with Gasteiger partial charge in [0.15, 0.2) is 0 Å². The Bertz CT molecular complexity index is 483. The quantitative estimate of drug-likeness (QED) is 0.753. The van der Waals surface area contributed by atoms with Crippen LogP contribution in [0.3, 0.4) is 0 Å². The Hall–Kier alpha value is -2.08. The molecule has 0 heterocycles. The summed E-state index contributed by atoms with van der Waals surface area (Å²) in [7, 11) is 0. The van der Waals surface area contributed by atoms with E-state index in [2.05, 4.69) is 16.0 Å². The number of rotatable bonds is 6. The van der Waals surface area contributed by atoms with Crippen LogP contribution in [0, 0.1) is 0 Å². The molecule has 0 atom stereocenters. The third kappa shape index (κ3) is 5.43. The minimum absolute atomic E-state index is 0.115. The van der Waals surface area contributed by atoms with Crippen LogP contribution in [0.15, 0.2) is 24.3 Å². The molecule has 0 spiro atoms. The Morgan fingerprint density at radius 2 is 1.57 bits per heavy atom. The zero-order valence-electron chi connectivity index (χ0n) is 12.9. The SMILES string of the molecule is CCNC(C)(C)C(=O)Nc1ccc(NC(=O)OCC)cc1. The highest BCUT2D eigenvalue weighted by Crippen LogP contribution is 2.15. The number of carbonyl (C=O) groups excluding carboxylic acids is 2. The third-order valence-corrected chi connectivity index (χ3v) is 2.85. The van der Waals surface area contributed by atoms with Gasteiger partial charge in [-0.3, -0.25) is 10.1 Å². The molecule has 6 nitrogen and oxygen atoms in total. The molecule has 1 aromatic rings. The molecule has 3 N–H and O–H groups in total. The van der Waals surface area contributed by atoms with E-state index >= 15 is 0 Å². The summed E-state index contributed by atoms with van der Waals surface area (Å²) in [4.78, 5) is 23.4. The van der Waals surface area contributed by atoms with Crippen molar-refractivity contribution in [1.29, 1.82) is 0 Å². The van der Waals surface area contributed by atoms with Gasteiger partial charge in [-0.05, 0) is 51.6 Å². The summed E-state index contributed by atoms with van der Waals surface area (Å²) < 4.78 is 4.78. The van der Waals surface area contributed by atoms with Gasteiger partial charge in [0, 0.05) is 11.4 Å². The summed E-state index contributed by atoms with van der Waals surface area (Å²) in [5.74, 6) is -0.115. The highest BCUT2D eigenvalue weighted by Gasteiger charge is 2.25. The average molecular weight is 293 g/mol. The van der Waals surface area contributed by atoms with Gasteiger partial charge in [-0.25, -0.2) is 4.79 Å². The number of hydrogen-bond acceptors (Lipinski definition) is 4. The van der Waals surface area contributed by atoms with E-state index in [0.29, 0.717) is 24.5 Å². The Labute approximate surface area is 125 Å². The fourth-order valence-corrected chi connectivity index (χ4v) is 1.73. The number of anilines is 2. The van der Waals surface area contributed by atoms with E-state index in [1.54, 1.807) is 31.2 Å². The van der Waals surface area contributed by atoms with Crippen LogP contribution >= 0.6 is 0 Å². The third-order valence-electron chi connectivity index (χ3n) is 2.85. The summed E-state index contributed by atoms with van der Waals surface area (Å²) in [6.07, 6.45) is -0.498. The number of hydrogen-bond donors (Lipinski definition) is 3. The molecule has 0 fully saturated rings. The molecule has 6 heteroatoms. The summed E-state index contributed by atoms with van der Waals surface area (Å²) in [5, 5.41) is 8.52. The van der Waals surface area contributed by atoms with E-state index in [4.69, 9.17) is 4.74 Å². The van der Waals surface area contributed by atoms with E-state index in [9.17, 15) is 9.59 Å². The maximum Gasteiger partial charge on any atom is 0.411 e. The minimum atomic E-state index is -0.642. The monoisotopic (exact) mass is 293 g/mol. The smallest absolute Gasteiger partial charge is 0.411 e. The number of nitrogens with one attached hydrogen (secondary N) is 3. The van der Waals surface area contributed by atoms with E-state index in [1.807, 2.05) is 20.8 Å². The van der Waals surface area contributed by atoms with Crippen LogP contribution in [0.1, 0.15) is 27.7 Å². The second-order valence-corrected chi connectivity index (χ2v) is 5.03. The zero-order valence-corrected chi connectivity index (χ0v) is 12.9. The Balaban J connectivity index is 2.62. The predicted molar refractivity (Wildman–Crippen MR) is 83.5 cm³/mol. The lowest BCUT2D eigenvalue weighted by atomic mass is 10.0. The van der Waals surface area contributed by atoms with Crippen LogP contribution in [-0.4, -0.2) is 30.7 Å². The molecule has 0 aliphatic heterocycles. The van der Waals surface area contributed by atoms with Crippen LogP contribution < -0.4 is 16.0 Å². The lowest BCUT2D eigenvalue weighted by Gasteiger charge is -2.24. The molecule has 0 saturated carbocycles. The zero-order chi connectivity index (χ0) is 15.9. The van der Waals surface area contributed by atoms with Crippen molar-refractivity contribution < 1.29 is 14.3 Å². The first-order chi connectivity index (χ1) is 9.89. The maximum absolute atomic E-state index is 12.1. The molecule has 0 saturated heterocycles. The Morgan fingerprint density at radius 1 is 1.05 bits per heavy atom. The fraction of sp³-hybridized carbons (Fsp3) is 0.467. The lowest BCUT2D eigenvalue weighted by molar-refractivity contribution is -0.121. The van der Waals surface area contributed by atoms with Gasteiger partial charge < -0.3 is 15.4 Å². The topological polar surface area (TPSA) is 79.5 Å². The van der Waals surface area contributed by atoms with Crippen molar-refractivity contribution in [1.82, 2.24) is 5.32 Å². The molecule has 0 aromatic heterocycles. The van der Waals surface area contributed by atoms with Crippen LogP contribution in [-0.2, 0) is 9.53 Å². The number of likely N-dealkylation sites (N-methyl/N-ethyl adjacent to an activating group) is 1. The van der Waals surface area contributed by atoms with Crippen LogP contribution in [0.5, 0.6) is 0 Å². The van der Waals surface area contributed by atoms with Crippen molar-refractivity contribution in [2.75, 3.05) is 23.8 Å². The molecule has 0 radical (unpaired) electrons. The van der Waals surface area contributed by atoms with Crippen molar-refractivity contribution in [3.63, 3.8) is 0 Å². The van der Waals surface area contributed by atoms with Gasteiger partial charge in [0.2, 0.25) is 5.91 Å². The first-order valence-corrected chi connectivity index (χ1v) is 6.99. The van der Waals surface area contributed by atoms with E-state index < -0.39 is 11.6 Å². The predicted octanol–water partition coefficient (Wildman–Crippen LogP) is 2.58. The first-order valence-electron chi connectivity index (χ1n) is 6.99. The number of benzene rings is 1. The van der Waals surface area contributed by atoms with Crippen molar-refractivity contribution in [2.24, 2.45) is 0 Å². The molecule has 0 aliphatic carbocycles. The van der Waals surface area contributed by atoms with Crippen LogP contribution in [0.25, 0.3) is 0 Å². The van der Waals surface area contributed by atoms with Crippen molar-refractivity contribution in [2.45, 2.75) is 33.2 Å². The van der Waals surface area contributed by atoms with Crippen LogP contribution in [0.4, 0.5) is 16.2 Å². The molecule has 21 heavy (non-hydrogen) atoms. The maximum atomic E-state index is 12.1. The molecule has 1 rings (SSSR count). The average Bonchev–Trinajstić information content (AvgIpc) is 2.41. The summed E-state index contributed by atoms with van der Waals surface area (Å²) in [6, 6.07) is 6.85. The van der Waals surface area contributed by atoms with Crippen LogP contribution in [0.2, 0.25) is 0 Å². The molecular weight excluding hydrogens is 270 g/mol. The molecule has 0 unspecified atom stereocenters. The second-order valence-electron chi connectivity index (χ2n) is 5.03. The second kappa shape index (κ2) is 7.64. The van der Waals surface area contributed by atoms with Crippen molar-refractivity contribution >= 4 is 23.4 Å². The van der Waals surface area contributed by atoms with Gasteiger partial charge in [-0.15, -0.1) is 0 Å². The van der Waals surface area contributed by atoms with E-state index in [0.717, 1.165) is 0 Å². The normalized spacial score (nSPS) is 10.9. The van der Waals surface area contributed by atoms with Gasteiger partial charge in [0.25, 0.3) is 0 Å². The molecule has 2 amide bonds. The van der Waals surface area contributed by atoms with Gasteiger partial charge in [0.1, 0.15) is 0 Å². The van der Waals surface area contributed by atoms with E-state index in [1.165, 1.54) is 0 Å². The van der Waals surface area contributed by atoms with Gasteiger partial charge in [0.05, 0.1) is 12.1 Å². The van der Waals surface area contributed by atoms with E-state index in [-0.39, 0.29) is 5.91 Å². The fourth-order valence-electron chi connectivity index (χ4n) is 1.73. The van der Waals surface area contributed by atoms with Gasteiger partial charge >= 0.3 is 6.09 Å². The molecule has 116 valence electrons. The molecule has 0 bridgehead atoms. The highest BCUT2D eigenvalue weighted by atomic mass is 16.5. The summed E-state index contributed by atoms with van der Waals surface area (Å²) >= 11 is 0.